The zero-order chi connectivity index (χ0) is 24.9. The van der Waals surface area contributed by atoms with Crippen LogP contribution in [0.3, 0.4) is 0 Å². The number of piperidine rings is 1. The van der Waals surface area contributed by atoms with E-state index >= 15 is 0 Å². The van der Waals surface area contributed by atoms with E-state index in [4.69, 9.17) is 15.2 Å². The summed E-state index contributed by atoms with van der Waals surface area (Å²) in [5.74, 6) is -2.66. The molecular formula is C19H20F3N9O3. The second-order valence-electron chi connectivity index (χ2n) is 7.26. The molecule has 0 aromatic carbocycles. The molecule has 0 bridgehead atoms. The summed E-state index contributed by atoms with van der Waals surface area (Å²) in [5.41, 5.74) is 1.58. The lowest BCUT2D eigenvalue weighted by molar-refractivity contribution is -0.192. The molecule has 0 radical (unpaired) electrons. The van der Waals surface area contributed by atoms with Gasteiger partial charge < -0.3 is 21.1 Å². The summed E-state index contributed by atoms with van der Waals surface area (Å²) in [4.78, 5) is 25.9. The maximum atomic E-state index is 12.7. The van der Waals surface area contributed by atoms with Gasteiger partial charge in [-0.15, -0.1) is 5.10 Å². The number of nitrogens with zero attached hydrogens (tertiary/aromatic N) is 6. The summed E-state index contributed by atoms with van der Waals surface area (Å²) in [5, 5.41) is 34.1. The highest BCUT2D eigenvalue weighted by atomic mass is 19.4. The highest BCUT2D eigenvalue weighted by Gasteiger charge is 2.38. The van der Waals surface area contributed by atoms with Crippen LogP contribution in [0.25, 0.3) is 5.52 Å². The van der Waals surface area contributed by atoms with E-state index in [1.807, 2.05) is 6.07 Å². The Balaban J connectivity index is 0.000000406. The van der Waals surface area contributed by atoms with Crippen LogP contribution in [0, 0.1) is 11.3 Å². The monoisotopic (exact) mass is 479 g/mol. The first-order valence-electron chi connectivity index (χ1n) is 9.95. The summed E-state index contributed by atoms with van der Waals surface area (Å²) >= 11 is 0. The van der Waals surface area contributed by atoms with Crippen molar-refractivity contribution < 1.29 is 27.9 Å². The SMILES string of the molecule is Cn1cc(NC(=O)c2ccc3cnc(N[C@@H]4CCCNC4)nn23)c(C#N)n1.O=C(O)C(F)(F)F. The van der Waals surface area contributed by atoms with E-state index in [1.165, 1.54) is 4.68 Å². The van der Waals surface area contributed by atoms with Crippen LogP contribution < -0.4 is 16.0 Å². The predicted molar refractivity (Wildman–Crippen MR) is 112 cm³/mol. The van der Waals surface area contributed by atoms with Gasteiger partial charge in [-0.25, -0.2) is 14.3 Å². The lowest BCUT2D eigenvalue weighted by atomic mass is 10.1. The third-order valence-electron chi connectivity index (χ3n) is 4.69. The fraction of sp³-hybridized carbons (Fsp3) is 0.368. The molecule has 1 aliphatic heterocycles. The van der Waals surface area contributed by atoms with Crippen LogP contribution in [0.4, 0.5) is 24.8 Å². The molecule has 0 aliphatic carbocycles. The number of anilines is 2. The number of carboxylic acid groups (broad SMARTS) is 1. The van der Waals surface area contributed by atoms with Crippen LogP contribution in [0.5, 0.6) is 0 Å². The van der Waals surface area contributed by atoms with Gasteiger partial charge in [0.1, 0.15) is 11.8 Å². The van der Waals surface area contributed by atoms with Crippen LogP contribution in [0.15, 0.2) is 24.5 Å². The largest absolute Gasteiger partial charge is 0.490 e. The molecule has 1 amide bonds. The van der Waals surface area contributed by atoms with Crippen LogP contribution in [0.2, 0.25) is 0 Å². The molecule has 1 fully saturated rings. The van der Waals surface area contributed by atoms with Gasteiger partial charge >= 0.3 is 12.1 Å². The quantitative estimate of drug-likeness (QED) is 0.433. The van der Waals surface area contributed by atoms with E-state index in [9.17, 15) is 18.0 Å². The molecule has 12 nitrogen and oxygen atoms in total. The minimum atomic E-state index is -5.08. The minimum Gasteiger partial charge on any atom is -0.475 e. The summed E-state index contributed by atoms with van der Waals surface area (Å²) in [6, 6.07) is 5.67. The number of amides is 1. The van der Waals surface area contributed by atoms with Gasteiger partial charge in [0, 0.05) is 25.8 Å². The molecule has 180 valence electrons. The summed E-state index contributed by atoms with van der Waals surface area (Å²) in [6.45, 7) is 1.89. The van der Waals surface area contributed by atoms with E-state index in [0.29, 0.717) is 22.8 Å². The molecule has 4 rings (SSSR count). The van der Waals surface area contributed by atoms with E-state index in [1.54, 1.807) is 36.1 Å². The number of nitrogens with one attached hydrogen (secondary N) is 3. The molecule has 15 heteroatoms. The first kappa shape index (κ1) is 24.5. The molecule has 1 aliphatic rings. The Morgan fingerprint density at radius 3 is 2.68 bits per heavy atom. The van der Waals surface area contributed by atoms with Gasteiger partial charge in [-0.3, -0.25) is 9.48 Å². The van der Waals surface area contributed by atoms with Crippen molar-refractivity contribution in [3.63, 3.8) is 0 Å². The van der Waals surface area contributed by atoms with Crippen molar-refractivity contribution in [1.29, 1.82) is 5.26 Å². The van der Waals surface area contributed by atoms with E-state index < -0.39 is 12.1 Å². The van der Waals surface area contributed by atoms with Crippen molar-refractivity contribution in [2.24, 2.45) is 7.05 Å². The summed E-state index contributed by atoms with van der Waals surface area (Å²) in [6.07, 6.45) is 0.326. The minimum absolute atomic E-state index is 0.161. The van der Waals surface area contributed by atoms with Gasteiger partial charge in [0.25, 0.3) is 5.91 Å². The van der Waals surface area contributed by atoms with Crippen LogP contribution in [-0.4, -0.2) is 66.7 Å². The Bertz CT molecular complexity index is 1220. The van der Waals surface area contributed by atoms with Crippen molar-refractivity contribution in [1.82, 2.24) is 29.7 Å². The lowest BCUT2D eigenvalue weighted by Crippen LogP contribution is -2.39. The molecule has 0 saturated carbocycles. The highest BCUT2D eigenvalue weighted by Crippen LogP contribution is 2.16. The number of aliphatic carboxylic acids is 1. The number of carboxylic acids is 1. The smallest absolute Gasteiger partial charge is 0.475 e. The summed E-state index contributed by atoms with van der Waals surface area (Å²) < 4.78 is 34.8. The number of nitriles is 1. The van der Waals surface area contributed by atoms with Crippen LogP contribution in [0.1, 0.15) is 29.0 Å². The number of aryl methyl sites for hydroxylation is 1. The number of carbonyl (C=O) groups excluding carboxylic acids is 1. The molecule has 4 heterocycles. The molecule has 4 N–H and O–H groups in total. The Labute approximate surface area is 190 Å². The standard InChI is InChI=1S/C17H19N9O.C2HF3O2/c1-25-10-14(13(7-18)23-25)22-16(27)15-5-4-12-9-20-17(24-26(12)15)21-11-3-2-6-19-8-11;3-2(4,5)1(6)7/h4-5,9-11,19H,2-3,6,8H2,1H3,(H,21,24)(H,22,27);(H,6,7)/t11-;/m1./s1. The topological polar surface area (TPSA) is 162 Å². The molecule has 1 atom stereocenters. The Morgan fingerprint density at radius 2 is 2.06 bits per heavy atom. The fourth-order valence-electron chi connectivity index (χ4n) is 3.15. The average molecular weight is 479 g/mol. The van der Waals surface area contributed by atoms with E-state index in [-0.39, 0.29) is 17.6 Å². The Morgan fingerprint density at radius 1 is 1.32 bits per heavy atom. The van der Waals surface area contributed by atoms with Gasteiger partial charge in [-0.1, -0.05) is 0 Å². The number of hydrogen-bond donors (Lipinski definition) is 4. The average Bonchev–Trinajstić information content (AvgIpc) is 3.36. The predicted octanol–water partition coefficient (Wildman–Crippen LogP) is 1.38. The van der Waals surface area contributed by atoms with Crippen molar-refractivity contribution in [2.75, 3.05) is 23.7 Å². The zero-order valence-corrected chi connectivity index (χ0v) is 17.8. The van der Waals surface area contributed by atoms with Crippen molar-refractivity contribution in [3.05, 3.63) is 35.9 Å². The molecule has 0 unspecified atom stereocenters. The van der Waals surface area contributed by atoms with Gasteiger partial charge in [-0.05, 0) is 31.5 Å². The Kier molecular flexibility index (Phi) is 7.31. The van der Waals surface area contributed by atoms with E-state index in [2.05, 4.69) is 31.1 Å². The zero-order valence-electron chi connectivity index (χ0n) is 17.8. The highest BCUT2D eigenvalue weighted by molar-refractivity contribution is 6.04. The van der Waals surface area contributed by atoms with Gasteiger partial charge in [0.2, 0.25) is 5.95 Å². The van der Waals surface area contributed by atoms with Crippen molar-refractivity contribution >= 4 is 29.0 Å². The second-order valence-corrected chi connectivity index (χ2v) is 7.26. The fourth-order valence-corrected chi connectivity index (χ4v) is 3.15. The number of carbonyl (C=O) groups is 2. The van der Waals surface area contributed by atoms with Crippen LogP contribution >= 0.6 is 0 Å². The number of hydrogen-bond acceptors (Lipinski definition) is 8. The lowest BCUT2D eigenvalue weighted by Gasteiger charge is -2.23. The maximum Gasteiger partial charge on any atom is 0.490 e. The molecule has 0 spiro atoms. The summed E-state index contributed by atoms with van der Waals surface area (Å²) in [7, 11) is 1.69. The van der Waals surface area contributed by atoms with E-state index in [0.717, 1.165) is 25.9 Å². The normalized spacial score (nSPS) is 15.7. The molecule has 3 aromatic heterocycles. The molecule has 3 aromatic rings. The Hall–Kier alpha value is -4.19. The van der Waals surface area contributed by atoms with Gasteiger partial charge in [0.05, 0.1) is 17.4 Å². The van der Waals surface area contributed by atoms with Gasteiger partial charge in [0.15, 0.2) is 5.69 Å². The number of aromatic nitrogens is 5. The third kappa shape index (κ3) is 5.98. The van der Waals surface area contributed by atoms with Crippen LogP contribution in [-0.2, 0) is 11.8 Å². The number of rotatable bonds is 4. The second kappa shape index (κ2) is 10.2. The molecule has 34 heavy (non-hydrogen) atoms. The molecule has 1 saturated heterocycles. The first-order valence-corrected chi connectivity index (χ1v) is 9.95. The first-order chi connectivity index (χ1) is 16.1. The van der Waals surface area contributed by atoms with Crippen molar-refractivity contribution in [2.45, 2.75) is 25.1 Å². The number of fused-ring (bicyclic) bond motifs is 1. The maximum absolute atomic E-state index is 12.7. The van der Waals surface area contributed by atoms with Gasteiger partial charge in [-0.2, -0.15) is 23.5 Å². The number of alkyl halides is 3. The molecular weight excluding hydrogens is 459 g/mol. The van der Waals surface area contributed by atoms with Crippen molar-refractivity contribution in [3.8, 4) is 6.07 Å². The number of halogens is 3. The third-order valence-corrected chi connectivity index (χ3v) is 4.69.